The molecule has 120 valence electrons. The lowest BCUT2D eigenvalue weighted by molar-refractivity contribution is -0.383. The number of nitrogens with zero attached hydrogens (tertiary/aromatic N) is 2. The molecule has 0 unspecified atom stereocenters. The second-order valence-electron chi connectivity index (χ2n) is 4.59. The third-order valence-electron chi connectivity index (χ3n) is 2.95. The van der Waals surface area contributed by atoms with Gasteiger partial charge in [0.25, 0.3) is 11.6 Å². The number of hydrogen-bond acceptors (Lipinski definition) is 4. The summed E-state index contributed by atoms with van der Waals surface area (Å²) in [6, 6.07) is 10.6. The monoisotopic (exact) mass is 345 g/mol. The van der Waals surface area contributed by atoms with Gasteiger partial charge in [-0.1, -0.05) is 23.7 Å². The van der Waals surface area contributed by atoms with Gasteiger partial charge in [-0.15, -0.1) is 0 Å². The van der Waals surface area contributed by atoms with Crippen molar-refractivity contribution in [1.29, 1.82) is 5.26 Å². The zero-order chi connectivity index (χ0) is 17.7. The quantitative estimate of drug-likeness (QED) is 0.393. The van der Waals surface area contributed by atoms with Gasteiger partial charge >= 0.3 is 0 Å². The van der Waals surface area contributed by atoms with Crippen LogP contribution in [0.25, 0.3) is 6.08 Å². The topological polar surface area (TPSA) is 96.0 Å². The second kappa shape index (κ2) is 7.35. The van der Waals surface area contributed by atoms with Crippen LogP contribution >= 0.6 is 11.6 Å². The Morgan fingerprint density at radius 1 is 1.29 bits per heavy atom. The molecule has 2 aromatic carbocycles. The normalized spacial score (nSPS) is 10.8. The van der Waals surface area contributed by atoms with Crippen LogP contribution in [-0.2, 0) is 4.79 Å². The zero-order valence-corrected chi connectivity index (χ0v) is 12.7. The van der Waals surface area contributed by atoms with E-state index in [0.717, 1.165) is 6.07 Å². The van der Waals surface area contributed by atoms with Crippen molar-refractivity contribution in [1.82, 2.24) is 0 Å². The fourth-order valence-electron chi connectivity index (χ4n) is 1.83. The summed E-state index contributed by atoms with van der Waals surface area (Å²) in [5.41, 5.74) is -0.329. The lowest BCUT2D eigenvalue weighted by Gasteiger charge is -2.05. The molecule has 1 N–H and O–H groups in total. The summed E-state index contributed by atoms with van der Waals surface area (Å²) in [7, 11) is 0. The minimum Gasteiger partial charge on any atom is -0.316 e. The number of carbonyl (C=O) groups excluding carboxylic acids is 1. The molecule has 0 aliphatic heterocycles. The van der Waals surface area contributed by atoms with Gasteiger partial charge in [0.15, 0.2) is 0 Å². The number of nitrogens with one attached hydrogen (secondary N) is 1. The number of carbonyl (C=O) groups is 1. The zero-order valence-electron chi connectivity index (χ0n) is 12.0. The molecular formula is C16H9ClFN3O3. The summed E-state index contributed by atoms with van der Waals surface area (Å²) in [5.74, 6) is -1.28. The molecule has 0 fully saturated rings. The standard InChI is InChI=1S/C16H9ClFN3O3/c17-12-3-6-14(15(8-12)21(23)24)20-16(22)11(9-19)7-10-1-4-13(18)5-2-10/h1-8H,(H,20,22)/b11-7-. The van der Waals surface area contributed by atoms with Crippen LogP contribution in [0.3, 0.4) is 0 Å². The number of amides is 1. The maximum Gasteiger partial charge on any atom is 0.294 e. The molecule has 2 aromatic rings. The number of benzene rings is 2. The van der Waals surface area contributed by atoms with Crippen molar-refractivity contribution in [2.45, 2.75) is 0 Å². The van der Waals surface area contributed by atoms with Gasteiger partial charge in [0.05, 0.1) is 4.92 Å². The van der Waals surface area contributed by atoms with Crippen LogP contribution in [0, 0.1) is 27.3 Å². The summed E-state index contributed by atoms with van der Waals surface area (Å²) in [6.07, 6.45) is 1.25. The molecule has 0 saturated heterocycles. The Kier molecular flexibility index (Phi) is 5.24. The van der Waals surface area contributed by atoms with Crippen LogP contribution in [-0.4, -0.2) is 10.8 Å². The first-order valence-corrected chi connectivity index (χ1v) is 6.91. The minimum atomic E-state index is -0.827. The molecule has 0 aliphatic carbocycles. The van der Waals surface area contributed by atoms with E-state index in [2.05, 4.69) is 5.32 Å². The third kappa shape index (κ3) is 4.15. The van der Waals surface area contributed by atoms with E-state index in [0.29, 0.717) is 5.56 Å². The van der Waals surface area contributed by atoms with Crippen LogP contribution in [0.2, 0.25) is 5.02 Å². The molecule has 6 nitrogen and oxygen atoms in total. The van der Waals surface area contributed by atoms with E-state index in [1.54, 1.807) is 6.07 Å². The van der Waals surface area contributed by atoms with Gasteiger partial charge in [0, 0.05) is 11.1 Å². The fourth-order valence-corrected chi connectivity index (χ4v) is 1.99. The van der Waals surface area contributed by atoms with Crippen LogP contribution < -0.4 is 5.32 Å². The molecule has 0 heterocycles. The highest BCUT2D eigenvalue weighted by Crippen LogP contribution is 2.28. The molecule has 1 amide bonds. The van der Waals surface area contributed by atoms with Gasteiger partial charge < -0.3 is 5.32 Å². The summed E-state index contributed by atoms with van der Waals surface area (Å²) in [5, 5.41) is 22.5. The van der Waals surface area contributed by atoms with Gasteiger partial charge in [0.1, 0.15) is 23.1 Å². The van der Waals surface area contributed by atoms with Gasteiger partial charge in [-0.2, -0.15) is 5.26 Å². The predicted octanol–water partition coefficient (Wildman–Crippen LogP) is 3.93. The first kappa shape index (κ1) is 17.1. The number of halogens is 2. The van der Waals surface area contributed by atoms with Crippen LogP contribution in [0.15, 0.2) is 48.0 Å². The highest BCUT2D eigenvalue weighted by molar-refractivity contribution is 6.31. The molecule has 0 spiro atoms. The van der Waals surface area contributed by atoms with Crippen molar-refractivity contribution in [3.05, 3.63) is 74.6 Å². The van der Waals surface area contributed by atoms with E-state index in [-0.39, 0.29) is 16.3 Å². The first-order valence-electron chi connectivity index (χ1n) is 6.53. The second-order valence-corrected chi connectivity index (χ2v) is 5.03. The van der Waals surface area contributed by atoms with Crippen LogP contribution in [0.4, 0.5) is 15.8 Å². The largest absolute Gasteiger partial charge is 0.316 e. The molecule has 0 saturated carbocycles. The van der Waals surface area contributed by atoms with Crippen molar-refractivity contribution in [2.75, 3.05) is 5.32 Å². The van der Waals surface area contributed by atoms with Crippen LogP contribution in [0.1, 0.15) is 5.56 Å². The maximum absolute atomic E-state index is 12.9. The molecule has 0 atom stereocenters. The van der Waals surface area contributed by atoms with Crippen molar-refractivity contribution in [3.63, 3.8) is 0 Å². The highest BCUT2D eigenvalue weighted by Gasteiger charge is 2.18. The van der Waals surface area contributed by atoms with E-state index in [1.807, 2.05) is 0 Å². The van der Waals surface area contributed by atoms with Crippen molar-refractivity contribution in [2.24, 2.45) is 0 Å². The Morgan fingerprint density at radius 2 is 1.96 bits per heavy atom. The van der Waals surface area contributed by atoms with E-state index in [1.165, 1.54) is 42.5 Å². The van der Waals surface area contributed by atoms with Gasteiger partial charge in [-0.05, 0) is 35.9 Å². The van der Waals surface area contributed by atoms with Crippen molar-refractivity contribution in [3.8, 4) is 6.07 Å². The maximum atomic E-state index is 12.9. The molecular weight excluding hydrogens is 337 g/mol. The summed E-state index contributed by atoms with van der Waals surface area (Å²) in [6.45, 7) is 0. The highest BCUT2D eigenvalue weighted by atomic mass is 35.5. The Balaban J connectivity index is 2.29. The molecule has 0 aromatic heterocycles. The van der Waals surface area contributed by atoms with E-state index < -0.39 is 22.3 Å². The molecule has 0 aliphatic rings. The van der Waals surface area contributed by atoms with Gasteiger partial charge in [-0.3, -0.25) is 14.9 Å². The summed E-state index contributed by atoms with van der Waals surface area (Å²) in [4.78, 5) is 22.4. The molecule has 24 heavy (non-hydrogen) atoms. The van der Waals surface area contributed by atoms with E-state index in [4.69, 9.17) is 16.9 Å². The van der Waals surface area contributed by atoms with Crippen LogP contribution in [0.5, 0.6) is 0 Å². The first-order chi connectivity index (χ1) is 11.4. The SMILES string of the molecule is N#C/C(=C/c1ccc(F)cc1)C(=O)Nc1ccc(Cl)cc1[N+](=O)[O-]. The number of hydrogen-bond donors (Lipinski definition) is 1. The predicted molar refractivity (Wildman–Crippen MR) is 86.7 cm³/mol. The molecule has 2 rings (SSSR count). The molecule has 0 bridgehead atoms. The van der Waals surface area contributed by atoms with Gasteiger partial charge in [0.2, 0.25) is 0 Å². The van der Waals surface area contributed by atoms with Gasteiger partial charge in [-0.25, -0.2) is 4.39 Å². The number of rotatable bonds is 4. The summed E-state index contributed by atoms with van der Waals surface area (Å²) >= 11 is 5.70. The number of anilines is 1. The Morgan fingerprint density at radius 3 is 2.54 bits per heavy atom. The number of nitriles is 1. The van der Waals surface area contributed by atoms with Crippen molar-refractivity contribution < 1.29 is 14.1 Å². The fraction of sp³-hybridized carbons (Fsp3) is 0. The van der Waals surface area contributed by atoms with Crippen molar-refractivity contribution >= 4 is 35.0 Å². The lowest BCUT2D eigenvalue weighted by atomic mass is 10.1. The summed E-state index contributed by atoms with van der Waals surface area (Å²) < 4.78 is 12.9. The number of nitro benzene ring substituents is 1. The average molecular weight is 346 g/mol. The van der Waals surface area contributed by atoms with E-state index >= 15 is 0 Å². The Labute approximate surface area is 140 Å². The minimum absolute atomic E-state index is 0.0883. The average Bonchev–Trinajstić information content (AvgIpc) is 2.55. The third-order valence-corrected chi connectivity index (χ3v) is 3.19. The lowest BCUT2D eigenvalue weighted by Crippen LogP contribution is -2.14. The number of nitro groups is 1. The molecule has 0 radical (unpaired) electrons. The Hall–Kier alpha value is -3.24. The Bertz CT molecular complexity index is 873. The molecule has 8 heteroatoms. The van der Waals surface area contributed by atoms with E-state index in [9.17, 15) is 19.3 Å². The smallest absolute Gasteiger partial charge is 0.294 e.